The average Bonchev–Trinajstić information content (AvgIpc) is 2.04. The fourth-order valence-electron chi connectivity index (χ4n) is 0.715. The predicted molar refractivity (Wildman–Crippen MR) is 50.1 cm³/mol. The van der Waals surface area contributed by atoms with E-state index >= 15 is 0 Å². The zero-order chi connectivity index (χ0) is 9.84. The van der Waals surface area contributed by atoms with Gasteiger partial charge in [-0.2, -0.15) is 0 Å². The van der Waals surface area contributed by atoms with Crippen LogP contribution < -0.4 is 5.73 Å². The third-order valence-electron chi connectivity index (χ3n) is 1.22. The molecule has 2 N–H and O–H groups in total. The van der Waals surface area contributed by atoms with Gasteiger partial charge in [0.25, 0.3) is 0 Å². The van der Waals surface area contributed by atoms with Crippen LogP contribution in [0, 0.1) is 0 Å². The summed E-state index contributed by atoms with van der Waals surface area (Å²) in [5.41, 5.74) is 5.48. The SMILES string of the molecule is CCOC(=O)c1ncc(N)nc1Br. The monoisotopic (exact) mass is 245 g/mol. The second-order valence-corrected chi connectivity index (χ2v) is 2.91. The van der Waals surface area contributed by atoms with E-state index in [-0.39, 0.29) is 11.5 Å². The number of nitrogens with two attached hydrogens (primary N) is 1. The van der Waals surface area contributed by atoms with Crippen LogP contribution in [-0.2, 0) is 4.74 Å². The van der Waals surface area contributed by atoms with Gasteiger partial charge >= 0.3 is 5.97 Å². The standard InChI is InChI=1S/C7H8BrN3O2/c1-2-13-7(12)5-6(8)11-4(9)3-10-5/h3H,2H2,1H3,(H2,9,11). The zero-order valence-corrected chi connectivity index (χ0v) is 8.54. The third-order valence-corrected chi connectivity index (χ3v) is 1.77. The highest BCUT2D eigenvalue weighted by Crippen LogP contribution is 2.13. The molecule has 0 aliphatic carbocycles. The van der Waals surface area contributed by atoms with Crippen LogP contribution in [0.1, 0.15) is 17.4 Å². The molecule has 0 saturated carbocycles. The molecule has 0 radical (unpaired) electrons. The van der Waals surface area contributed by atoms with Gasteiger partial charge in [0, 0.05) is 0 Å². The molecule has 5 nitrogen and oxygen atoms in total. The van der Waals surface area contributed by atoms with E-state index in [1.807, 2.05) is 0 Å². The number of rotatable bonds is 2. The van der Waals surface area contributed by atoms with E-state index in [0.29, 0.717) is 11.2 Å². The topological polar surface area (TPSA) is 78.1 Å². The number of carbonyl (C=O) groups excluding carboxylic acids is 1. The molecule has 70 valence electrons. The molecule has 0 bridgehead atoms. The van der Waals surface area contributed by atoms with Crippen molar-refractivity contribution in [1.29, 1.82) is 0 Å². The molecule has 0 atom stereocenters. The number of hydrogen-bond donors (Lipinski definition) is 1. The molecule has 1 rings (SSSR count). The smallest absolute Gasteiger partial charge is 0.359 e. The minimum atomic E-state index is -0.512. The van der Waals surface area contributed by atoms with Gasteiger partial charge in [0.2, 0.25) is 0 Å². The Hall–Kier alpha value is -1.17. The van der Waals surface area contributed by atoms with Crippen molar-refractivity contribution in [1.82, 2.24) is 9.97 Å². The van der Waals surface area contributed by atoms with Crippen molar-refractivity contribution in [2.75, 3.05) is 12.3 Å². The highest BCUT2D eigenvalue weighted by molar-refractivity contribution is 9.10. The van der Waals surface area contributed by atoms with Gasteiger partial charge in [0.15, 0.2) is 5.69 Å². The van der Waals surface area contributed by atoms with E-state index in [9.17, 15) is 4.79 Å². The van der Waals surface area contributed by atoms with Crippen molar-refractivity contribution in [3.63, 3.8) is 0 Å². The van der Waals surface area contributed by atoms with E-state index in [1.54, 1.807) is 6.92 Å². The molecule has 0 aromatic carbocycles. The molecule has 13 heavy (non-hydrogen) atoms. The highest BCUT2D eigenvalue weighted by atomic mass is 79.9. The summed E-state index contributed by atoms with van der Waals surface area (Å²) in [5.74, 6) is -0.262. The van der Waals surface area contributed by atoms with Crippen LogP contribution >= 0.6 is 15.9 Å². The Morgan fingerprint density at radius 1 is 1.77 bits per heavy atom. The summed E-state index contributed by atoms with van der Waals surface area (Å²) in [5, 5.41) is 0. The van der Waals surface area contributed by atoms with Gasteiger partial charge in [-0.1, -0.05) is 0 Å². The van der Waals surface area contributed by atoms with Crippen molar-refractivity contribution in [3.05, 3.63) is 16.5 Å². The Morgan fingerprint density at radius 3 is 3.00 bits per heavy atom. The normalized spacial score (nSPS) is 9.69. The van der Waals surface area contributed by atoms with Crippen LogP contribution in [0.3, 0.4) is 0 Å². The van der Waals surface area contributed by atoms with Gasteiger partial charge in [-0.3, -0.25) is 0 Å². The maximum Gasteiger partial charge on any atom is 0.359 e. The Labute approximate surface area is 83.4 Å². The zero-order valence-electron chi connectivity index (χ0n) is 6.95. The van der Waals surface area contributed by atoms with Crippen molar-refractivity contribution < 1.29 is 9.53 Å². The van der Waals surface area contributed by atoms with Gasteiger partial charge in [-0.25, -0.2) is 14.8 Å². The largest absolute Gasteiger partial charge is 0.461 e. The molecule has 0 aliphatic rings. The van der Waals surface area contributed by atoms with Crippen molar-refractivity contribution in [3.8, 4) is 0 Å². The number of nitrogens with zero attached hydrogens (tertiary/aromatic N) is 2. The molecule has 1 aromatic heterocycles. The summed E-state index contributed by atoms with van der Waals surface area (Å²) >= 11 is 3.06. The number of aromatic nitrogens is 2. The lowest BCUT2D eigenvalue weighted by Gasteiger charge is -2.02. The molecule has 1 heterocycles. The summed E-state index contributed by atoms with van der Waals surface area (Å²) in [4.78, 5) is 18.8. The van der Waals surface area contributed by atoms with Crippen LogP contribution in [-0.4, -0.2) is 22.5 Å². The number of halogens is 1. The Balaban J connectivity index is 2.95. The van der Waals surface area contributed by atoms with Crippen LogP contribution in [0.5, 0.6) is 0 Å². The van der Waals surface area contributed by atoms with Gasteiger partial charge in [0.1, 0.15) is 10.4 Å². The van der Waals surface area contributed by atoms with E-state index < -0.39 is 5.97 Å². The number of esters is 1. The maximum atomic E-state index is 11.2. The summed E-state index contributed by atoms with van der Waals surface area (Å²) in [6, 6.07) is 0. The molecular formula is C7H8BrN3O2. The highest BCUT2D eigenvalue weighted by Gasteiger charge is 2.13. The van der Waals surface area contributed by atoms with E-state index in [4.69, 9.17) is 10.5 Å². The first kappa shape index (κ1) is 9.91. The van der Waals surface area contributed by atoms with Crippen molar-refractivity contribution in [2.24, 2.45) is 0 Å². The van der Waals surface area contributed by atoms with Crippen molar-refractivity contribution in [2.45, 2.75) is 6.92 Å². The lowest BCUT2D eigenvalue weighted by Crippen LogP contribution is -2.09. The quantitative estimate of drug-likeness (QED) is 0.787. The van der Waals surface area contributed by atoms with Crippen LogP contribution in [0.25, 0.3) is 0 Å². The fraction of sp³-hybridized carbons (Fsp3) is 0.286. The molecule has 0 fully saturated rings. The molecule has 0 amide bonds. The average molecular weight is 246 g/mol. The van der Waals surface area contributed by atoms with Gasteiger partial charge in [-0.05, 0) is 22.9 Å². The molecule has 0 spiro atoms. The second kappa shape index (κ2) is 4.18. The third kappa shape index (κ3) is 2.38. The lowest BCUT2D eigenvalue weighted by molar-refractivity contribution is 0.0517. The number of ether oxygens (including phenoxy) is 1. The first-order valence-electron chi connectivity index (χ1n) is 3.60. The van der Waals surface area contributed by atoms with Crippen molar-refractivity contribution >= 4 is 27.7 Å². The fourth-order valence-corrected chi connectivity index (χ4v) is 1.18. The van der Waals surface area contributed by atoms with Gasteiger partial charge < -0.3 is 10.5 Å². The van der Waals surface area contributed by atoms with Gasteiger partial charge in [0.05, 0.1) is 12.8 Å². The first-order valence-corrected chi connectivity index (χ1v) is 4.39. The maximum absolute atomic E-state index is 11.2. The van der Waals surface area contributed by atoms with E-state index in [2.05, 4.69) is 25.9 Å². The molecule has 6 heteroatoms. The second-order valence-electron chi connectivity index (χ2n) is 2.15. The molecule has 0 aliphatic heterocycles. The summed E-state index contributed by atoms with van der Waals surface area (Å²) in [6.45, 7) is 2.02. The first-order chi connectivity index (χ1) is 6.15. The lowest BCUT2D eigenvalue weighted by atomic mass is 10.4. The van der Waals surface area contributed by atoms with E-state index in [1.165, 1.54) is 6.20 Å². The number of anilines is 1. The summed E-state index contributed by atoms with van der Waals surface area (Å²) in [7, 11) is 0. The Kier molecular flexibility index (Phi) is 3.18. The van der Waals surface area contributed by atoms with E-state index in [0.717, 1.165) is 0 Å². The minimum Gasteiger partial charge on any atom is -0.461 e. The van der Waals surface area contributed by atoms with Crippen LogP contribution in [0.4, 0.5) is 5.82 Å². The number of carbonyl (C=O) groups is 1. The van der Waals surface area contributed by atoms with Crippen LogP contribution in [0.15, 0.2) is 10.8 Å². The Morgan fingerprint density at radius 2 is 2.46 bits per heavy atom. The summed E-state index contributed by atoms with van der Waals surface area (Å²) < 4.78 is 5.03. The predicted octanol–water partition coefficient (Wildman–Crippen LogP) is 0.998. The summed E-state index contributed by atoms with van der Waals surface area (Å²) in [6.07, 6.45) is 1.30. The number of nitrogen functional groups attached to an aromatic ring is 1. The molecular weight excluding hydrogens is 238 g/mol. The van der Waals surface area contributed by atoms with Crippen LogP contribution in [0.2, 0.25) is 0 Å². The Bertz CT molecular complexity index is 330. The molecule has 1 aromatic rings. The molecule has 0 saturated heterocycles. The van der Waals surface area contributed by atoms with Gasteiger partial charge in [-0.15, -0.1) is 0 Å². The molecule has 0 unspecified atom stereocenters. The minimum absolute atomic E-state index is 0.135. The number of hydrogen-bond acceptors (Lipinski definition) is 5.